The number of carbonyl (C=O) groups is 1. The second-order valence-corrected chi connectivity index (χ2v) is 1.70. The van der Waals surface area contributed by atoms with Crippen LogP contribution in [0.4, 0.5) is 0 Å². The lowest BCUT2D eigenvalue weighted by molar-refractivity contribution is -0.120. The van der Waals surface area contributed by atoms with E-state index in [1.165, 1.54) is 0 Å². The lowest BCUT2D eigenvalue weighted by Crippen LogP contribution is -2.48. The average molecular weight is 128 g/mol. The summed E-state index contributed by atoms with van der Waals surface area (Å²) in [6.45, 7) is 0.613. The van der Waals surface area contributed by atoms with Gasteiger partial charge in [-0.25, -0.2) is 0 Å². The van der Waals surface area contributed by atoms with Crippen molar-refractivity contribution >= 4 is 11.9 Å². The maximum absolute atomic E-state index is 10.5. The number of hydrogen-bond acceptors (Lipinski definition) is 3. The van der Waals surface area contributed by atoms with Gasteiger partial charge in [-0.2, -0.15) is 0 Å². The van der Waals surface area contributed by atoms with Crippen molar-refractivity contribution in [1.29, 1.82) is 0 Å². The van der Waals surface area contributed by atoms with E-state index in [1.807, 2.05) is 0 Å². The van der Waals surface area contributed by atoms with Crippen LogP contribution in [0.25, 0.3) is 0 Å². The lowest BCUT2D eigenvalue weighted by atomic mass is 10.3. The van der Waals surface area contributed by atoms with Gasteiger partial charge >= 0.3 is 0 Å². The molecule has 0 aromatic heterocycles. The summed E-state index contributed by atoms with van der Waals surface area (Å²) in [6, 6.07) is 0. The molecule has 1 rings (SSSR count). The van der Waals surface area contributed by atoms with E-state index in [9.17, 15) is 4.79 Å². The molecule has 1 aliphatic heterocycles. The van der Waals surface area contributed by atoms with Crippen LogP contribution >= 0.6 is 0 Å². The van der Waals surface area contributed by atoms with Crippen molar-refractivity contribution in [2.24, 2.45) is 10.9 Å². The van der Waals surface area contributed by atoms with Crippen LogP contribution in [0.15, 0.2) is 5.10 Å². The van der Waals surface area contributed by atoms with Crippen LogP contribution in [0.5, 0.6) is 0 Å². The Hall–Kier alpha value is -1.26. The van der Waals surface area contributed by atoms with E-state index >= 15 is 0 Å². The first-order chi connectivity index (χ1) is 4.33. The summed E-state index contributed by atoms with van der Waals surface area (Å²) in [7, 11) is 0. The van der Waals surface area contributed by atoms with Crippen molar-refractivity contribution in [1.82, 2.24) is 10.6 Å². The van der Waals surface area contributed by atoms with Crippen LogP contribution in [0.2, 0.25) is 0 Å². The number of rotatable bonds is 0. The predicted molar refractivity (Wildman–Crippen MR) is 32.4 cm³/mol. The first-order valence-electron chi connectivity index (χ1n) is 2.64. The van der Waals surface area contributed by atoms with Gasteiger partial charge in [-0.1, -0.05) is 0 Å². The van der Waals surface area contributed by atoms with Crippen LogP contribution in [0.3, 0.4) is 0 Å². The fourth-order valence-electron chi connectivity index (χ4n) is 0.611. The molecule has 0 aromatic rings. The first kappa shape index (κ1) is 5.87. The van der Waals surface area contributed by atoms with Crippen LogP contribution in [0, 0.1) is 0 Å². The Labute approximate surface area is 52.3 Å². The van der Waals surface area contributed by atoms with E-state index in [4.69, 9.17) is 5.84 Å². The second-order valence-electron chi connectivity index (χ2n) is 1.70. The number of carbonyl (C=O) groups excluding carboxylic acids is 1. The molecule has 0 spiro atoms. The molecule has 1 saturated heterocycles. The zero-order chi connectivity index (χ0) is 6.69. The molecule has 0 atom stereocenters. The first-order valence-corrected chi connectivity index (χ1v) is 2.64. The molecule has 0 saturated carbocycles. The van der Waals surface area contributed by atoms with Gasteiger partial charge in [-0.3, -0.25) is 10.1 Å². The highest BCUT2D eigenvalue weighted by molar-refractivity contribution is 5.98. The highest BCUT2D eigenvalue weighted by atomic mass is 16.1. The van der Waals surface area contributed by atoms with Gasteiger partial charge in [0.05, 0.1) is 0 Å². The third kappa shape index (κ3) is 1.31. The molecule has 1 amide bonds. The molecule has 9 heavy (non-hydrogen) atoms. The van der Waals surface area contributed by atoms with Crippen molar-refractivity contribution in [3.8, 4) is 0 Å². The normalized spacial score (nSPS) is 23.1. The van der Waals surface area contributed by atoms with Crippen molar-refractivity contribution in [3.05, 3.63) is 0 Å². The van der Waals surface area contributed by atoms with E-state index in [2.05, 4.69) is 15.7 Å². The average Bonchev–Trinajstić information content (AvgIpc) is 1.88. The summed E-state index contributed by atoms with van der Waals surface area (Å²) in [6.07, 6.45) is 0.485. The van der Waals surface area contributed by atoms with Crippen molar-refractivity contribution < 1.29 is 4.79 Å². The minimum absolute atomic E-state index is 0.0436. The Morgan fingerprint density at radius 1 is 1.67 bits per heavy atom. The molecule has 0 unspecified atom stereocenters. The third-order valence-corrected chi connectivity index (χ3v) is 1.03. The highest BCUT2D eigenvalue weighted by Gasteiger charge is 2.10. The fourth-order valence-corrected chi connectivity index (χ4v) is 0.611. The summed E-state index contributed by atoms with van der Waals surface area (Å²) < 4.78 is 0. The number of hydrogen-bond donors (Lipinski definition) is 3. The quantitative estimate of drug-likeness (QED) is 0.269. The standard InChI is InChI=1S/C4H8N4O/c5-8-4-6-2-1-3(9)7-4/h1-2,5H2,(H2,6,7,8,9). The molecule has 0 aromatic carbocycles. The molecule has 1 fully saturated rings. The molecular weight excluding hydrogens is 120 g/mol. The Kier molecular flexibility index (Phi) is 1.53. The summed E-state index contributed by atoms with van der Waals surface area (Å²) in [5, 5.41) is 8.50. The lowest BCUT2D eigenvalue weighted by Gasteiger charge is -2.14. The molecule has 4 N–H and O–H groups in total. The molecular formula is C4H8N4O. The number of nitrogens with zero attached hydrogens (tertiary/aromatic N) is 1. The largest absolute Gasteiger partial charge is 0.354 e. The van der Waals surface area contributed by atoms with Gasteiger partial charge in [0.1, 0.15) is 0 Å². The molecule has 0 radical (unpaired) electrons. The zero-order valence-electron chi connectivity index (χ0n) is 4.85. The maximum atomic E-state index is 10.5. The van der Waals surface area contributed by atoms with Gasteiger partial charge in [0.15, 0.2) is 0 Å². The Morgan fingerprint density at radius 3 is 2.89 bits per heavy atom. The predicted octanol–water partition coefficient (Wildman–Crippen LogP) is -1.67. The molecule has 0 bridgehead atoms. The number of amides is 1. The molecule has 1 aliphatic rings. The zero-order valence-corrected chi connectivity index (χ0v) is 4.85. The van der Waals surface area contributed by atoms with Gasteiger partial charge in [0.2, 0.25) is 11.9 Å². The van der Waals surface area contributed by atoms with E-state index < -0.39 is 0 Å². The van der Waals surface area contributed by atoms with Gasteiger partial charge in [-0.15, -0.1) is 5.10 Å². The van der Waals surface area contributed by atoms with Crippen molar-refractivity contribution in [3.63, 3.8) is 0 Å². The monoisotopic (exact) mass is 128 g/mol. The van der Waals surface area contributed by atoms with Crippen molar-refractivity contribution in [2.45, 2.75) is 6.42 Å². The van der Waals surface area contributed by atoms with Crippen molar-refractivity contribution in [2.75, 3.05) is 6.54 Å². The van der Waals surface area contributed by atoms with Gasteiger partial charge in [0.25, 0.3) is 0 Å². The summed E-state index contributed by atoms with van der Waals surface area (Å²) in [5.41, 5.74) is 0. The van der Waals surface area contributed by atoms with E-state index in [-0.39, 0.29) is 5.91 Å². The summed E-state index contributed by atoms with van der Waals surface area (Å²) in [5.74, 6) is 5.19. The number of nitrogens with one attached hydrogen (secondary N) is 2. The number of nitrogens with two attached hydrogens (primary N) is 1. The van der Waals surface area contributed by atoms with Crippen LogP contribution < -0.4 is 16.5 Å². The minimum atomic E-state index is -0.0436. The highest BCUT2D eigenvalue weighted by Crippen LogP contribution is 1.82. The van der Waals surface area contributed by atoms with Gasteiger partial charge in [0, 0.05) is 13.0 Å². The molecule has 50 valence electrons. The van der Waals surface area contributed by atoms with E-state index in [0.717, 1.165) is 0 Å². The van der Waals surface area contributed by atoms with Crippen LogP contribution in [-0.4, -0.2) is 18.4 Å². The Balaban J connectivity index is 2.51. The molecule has 1 heterocycles. The van der Waals surface area contributed by atoms with Gasteiger partial charge in [-0.05, 0) is 0 Å². The second kappa shape index (κ2) is 2.34. The number of guanidine groups is 1. The number of hydrazone groups is 1. The third-order valence-electron chi connectivity index (χ3n) is 1.03. The smallest absolute Gasteiger partial charge is 0.228 e. The SMILES string of the molecule is NN=C1NCCC(=O)N1. The Bertz CT molecular complexity index is 153. The minimum Gasteiger partial charge on any atom is -0.354 e. The topological polar surface area (TPSA) is 79.5 Å². The molecule has 5 heteroatoms. The maximum Gasteiger partial charge on any atom is 0.228 e. The van der Waals surface area contributed by atoms with E-state index in [0.29, 0.717) is 18.9 Å². The fraction of sp³-hybridized carbons (Fsp3) is 0.500. The van der Waals surface area contributed by atoms with Crippen LogP contribution in [0.1, 0.15) is 6.42 Å². The molecule has 0 aliphatic carbocycles. The summed E-state index contributed by atoms with van der Waals surface area (Å²) in [4.78, 5) is 10.5. The van der Waals surface area contributed by atoms with Gasteiger partial charge < -0.3 is 11.2 Å². The Morgan fingerprint density at radius 2 is 2.44 bits per heavy atom. The van der Waals surface area contributed by atoms with Crippen LogP contribution in [-0.2, 0) is 4.79 Å². The molecule has 5 nitrogen and oxygen atoms in total. The van der Waals surface area contributed by atoms with E-state index in [1.54, 1.807) is 0 Å². The summed E-state index contributed by atoms with van der Waals surface area (Å²) >= 11 is 0.